The topological polar surface area (TPSA) is 50.0 Å². The molecule has 0 saturated carbocycles. The van der Waals surface area contributed by atoms with E-state index in [0.717, 1.165) is 18.4 Å². The highest BCUT2D eigenvalue weighted by atomic mass is 16.5. The molecular weight excluding hydrogens is 396 g/mol. The first-order valence-corrected chi connectivity index (χ1v) is 11.2. The summed E-state index contributed by atoms with van der Waals surface area (Å²) in [5, 5.41) is 2.47. The van der Waals surface area contributed by atoms with Crippen molar-refractivity contribution in [3.63, 3.8) is 0 Å². The van der Waals surface area contributed by atoms with Crippen molar-refractivity contribution in [2.45, 2.75) is 18.8 Å². The van der Waals surface area contributed by atoms with Gasteiger partial charge in [-0.2, -0.15) is 0 Å². The Morgan fingerprint density at radius 1 is 0.938 bits per heavy atom. The largest absolute Gasteiger partial charge is 0.384 e. The van der Waals surface area contributed by atoms with Gasteiger partial charge >= 0.3 is 0 Å². The van der Waals surface area contributed by atoms with Gasteiger partial charge < -0.3 is 19.4 Å². The third-order valence-electron chi connectivity index (χ3n) is 6.80. The van der Waals surface area contributed by atoms with Crippen LogP contribution in [0.25, 0.3) is 27.9 Å². The van der Waals surface area contributed by atoms with E-state index in [0.29, 0.717) is 13.2 Å². The zero-order chi connectivity index (χ0) is 22.0. The number of hydrogen-bond acceptors (Lipinski definition) is 2. The van der Waals surface area contributed by atoms with Crippen LogP contribution in [-0.2, 0) is 9.47 Å². The van der Waals surface area contributed by atoms with Gasteiger partial charge in [-0.3, -0.25) is 0 Å². The number of aromatic amines is 2. The molecule has 1 aliphatic carbocycles. The van der Waals surface area contributed by atoms with Crippen molar-refractivity contribution in [2.24, 2.45) is 5.41 Å². The highest BCUT2D eigenvalue weighted by Gasteiger charge is 2.39. The van der Waals surface area contributed by atoms with Crippen molar-refractivity contribution in [3.05, 3.63) is 89.8 Å². The molecule has 0 amide bonds. The molecule has 0 bridgehead atoms. The zero-order valence-corrected chi connectivity index (χ0v) is 18.7. The summed E-state index contributed by atoms with van der Waals surface area (Å²) in [6.07, 6.45) is 13.1. The van der Waals surface area contributed by atoms with Crippen LogP contribution in [0.2, 0.25) is 0 Å². The van der Waals surface area contributed by atoms with Crippen molar-refractivity contribution in [3.8, 4) is 0 Å². The number of H-pyrrole nitrogens is 2. The molecule has 0 unspecified atom stereocenters. The van der Waals surface area contributed by atoms with Gasteiger partial charge in [-0.05, 0) is 76.7 Å². The lowest BCUT2D eigenvalue weighted by atomic mass is 9.65. The zero-order valence-electron chi connectivity index (χ0n) is 18.7. The second-order valence-corrected chi connectivity index (χ2v) is 8.88. The first-order valence-electron chi connectivity index (χ1n) is 11.2. The Morgan fingerprint density at radius 3 is 2.44 bits per heavy atom. The van der Waals surface area contributed by atoms with Crippen molar-refractivity contribution in [1.82, 2.24) is 9.97 Å². The maximum Gasteiger partial charge on any atom is 0.0673 e. The van der Waals surface area contributed by atoms with E-state index in [9.17, 15) is 0 Å². The lowest BCUT2D eigenvalue weighted by molar-refractivity contribution is 0.0896. The van der Waals surface area contributed by atoms with Gasteiger partial charge in [0.25, 0.3) is 0 Å². The minimum absolute atomic E-state index is 0.122. The van der Waals surface area contributed by atoms with Gasteiger partial charge in [0.2, 0.25) is 0 Å². The molecule has 0 radical (unpaired) electrons. The maximum atomic E-state index is 5.83. The van der Waals surface area contributed by atoms with Gasteiger partial charge in [0.15, 0.2) is 0 Å². The molecule has 164 valence electrons. The molecule has 0 aliphatic heterocycles. The van der Waals surface area contributed by atoms with Crippen molar-refractivity contribution in [2.75, 3.05) is 27.4 Å². The van der Waals surface area contributed by atoms with Crippen LogP contribution in [0, 0.1) is 5.41 Å². The summed E-state index contributed by atoms with van der Waals surface area (Å²) in [5.41, 5.74) is 6.09. The molecule has 0 spiro atoms. The number of nitrogens with one attached hydrogen (secondary N) is 2. The lowest BCUT2D eigenvalue weighted by Crippen LogP contribution is -2.34. The van der Waals surface area contributed by atoms with E-state index >= 15 is 0 Å². The predicted molar refractivity (Wildman–Crippen MR) is 132 cm³/mol. The summed E-state index contributed by atoms with van der Waals surface area (Å²) in [7, 11) is 3.58. The van der Waals surface area contributed by atoms with Gasteiger partial charge in [0.1, 0.15) is 0 Å². The smallest absolute Gasteiger partial charge is 0.0673 e. The molecule has 32 heavy (non-hydrogen) atoms. The average molecular weight is 427 g/mol. The first kappa shape index (κ1) is 20.8. The highest BCUT2D eigenvalue weighted by Crippen LogP contribution is 2.48. The van der Waals surface area contributed by atoms with Gasteiger partial charge in [-0.15, -0.1) is 0 Å². The lowest BCUT2D eigenvalue weighted by Gasteiger charge is -2.41. The fourth-order valence-corrected chi connectivity index (χ4v) is 5.14. The molecule has 2 N–H and O–H groups in total. The Bertz CT molecular complexity index is 1280. The standard InChI is InChI=1S/C28H30N2O2/c1-31-18-21-8-12-28(19-32-2,11-7-20-3-5-26-23(15-20)9-13-29-26)25(16-21)22-4-6-27-24(17-22)10-14-30-27/h3-7,9-11,13-17,25,29-30H,8,12,18-19H2,1-2H3/t25-,28-/m0/s1. The third kappa shape index (κ3) is 3.92. The minimum atomic E-state index is -0.122. The number of allylic oxidation sites excluding steroid dienone is 1. The minimum Gasteiger partial charge on any atom is -0.384 e. The monoisotopic (exact) mass is 426 g/mol. The van der Waals surface area contributed by atoms with Crippen LogP contribution in [0.15, 0.2) is 78.6 Å². The Balaban J connectivity index is 1.57. The summed E-state index contributed by atoms with van der Waals surface area (Å²) in [6, 6.07) is 17.6. The molecule has 0 saturated heterocycles. The molecule has 4 heteroatoms. The van der Waals surface area contributed by atoms with E-state index in [1.807, 2.05) is 19.5 Å². The number of rotatable bonds is 7. The summed E-state index contributed by atoms with van der Waals surface area (Å²) in [5.74, 6) is 0.216. The summed E-state index contributed by atoms with van der Waals surface area (Å²) in [6.45, 7) is 1.35. The summed E-state index contributed by atoms with van der Waals surface area (Å²) in [4.78, 5) is 6.58. The van der Waals surface area contributed by atoms with Crippen LogP contribution in [0.1, 0.15) is 29.9 Å². The third-order valence-corrected chi connectivity index (χ3v) is 6.80. The fraction of sp³-hybridized carbons (Fsp3) is 0.286. The fourth-order valence-electron chi connectivity index (χ4n) is 5.14. The molecule has 5 rings (SSSR count). The highest BCUT2D eigenvalue weighted by molar-refractivity contribution is 5.82. The van der Waals surface area contributed by atoms with E-state index in [4.69, 9.17) is 9.47 Å². The van der Waals surface area contributed by atoms with E-state index < -0.39 is 0 Å². The molecule has 2 aromatic carbocycles. The second kappa shape index (κ2) is 8.81. The van der Waals surface area contributed by atoms with Crippen molar-refractivity contribution in [1.29, 1.82) is 0 Å². The number of fused-ring (bicyclic) bond motifs is 2. The Hall–Kier alpha value is -3.08. The van der Waals surface area contributed by atoms with Gasteiger partial charge in [-0.25, -0.2) is 0 Å². The number of hydrogen-bond donors (Lipinski definition) is 2. The molecule has 0 fully saturated rings. The van der Waals surface area contributed by atoms with E-state index in [-0.39, 0.29) is 11.3 Å². The SMILES string of the molecule is COCC1=C[C@@H](c2ccc3[nH]ccc3c2)[C@](C=Cc2ccc3[nH]ccc3c2)(COC)CC1. The van der Waals surface area contributed by atoms with Crippen LogP contribution in [-0.4, -0.2) is 37.4 Å². The molecule has 1 aliphatic rings. The number of aromatic nitrogens is 2. The van der Waals surface area contributed by atoms with E-state index in [1.165, 1.54) is 33.0 Å². The molecule has 2 aromatic heterocycles. The summed E-state index contributed by atoms with van der Waals surface area (Å²) >= 11 is 0. The molecule has 2 atom stereocenters. The predicted octanol–water partition coefficient (Wildman–Crippen LogP) is 6.45. The summed E-state index contributed by atoms with van der Waals surface area (Å²) < 4.78 is 11.3. The quantitative estimate of drug-likeness (QED) is 0.334. The van der Waals surface area contributed by atoms with Crippen LogP contribution >= 0.6 is 0 Å². The van der Waals surface area contributed by atoms with Crippen LogP contribution in [0.4, 0.5) is 0 Å². The normalized spacial score (nSPS) is 21.6. The van der Waals surface area contributed by atoms with Crippen LogP contribution in [0.3, 0.4) is 0 Å². The Kier molecular flexibility index (Phi) is 5.73. The van der Waals surface area contributed by atoms with Crippen molar-refractivity contribution < 1.29 is 9.47 Å². The van der Waals surface area contributed by atoms with Crippen LogP contribution in [0.5, 0.6) is 0 Å². The van der Waals surface area contributed by atoms with Crippen LogP contribution < -0.4 is 0 Å². The van der Waals surface area contributed by atoms with E-state index in [1.54, 1.807) is 7.11 Å². The van der Waals surface area contributed by atoms with E-state index in [2.05, 4.69) is 76.7 Å². The molecule has 4 aromatic rings. The maximum absolute atomic E-state index is 5.83. The number of methoxy groups -OCH3 is 2. The van der Waals surface area contributed by atoms with Gasteiger partial charge in [0, 0.05) is 49.0 Å². The van der Waals surface area contributed by atoms with Gasteiger partial charge in [-0.1, -0.05) is 30.4 Å². The Labute approximate surface area is 188 Å². The number of ether oxygens (including phenoxy) is 2. The molecule has 2 heterocycles. The Morgan fingerprint density at radius 2 is 1.69 bits per heavy atom. The second-order valence-electron chi connectivity index (χ2n) is 8.88. The van der Waals surface area contributed by atoms with Gasteiger partial charge in [0.05, 0.1) is 13.2 Å². The molecular formula is C28H30N2O2. The first-order chi connectivity index (χ1) is 15.7. The van der Waals surface area contributed by atoms with Crippen molar-refractivity contribution >= 4 is 27.9 Å². The number of benzene rings is 2. The molecule has 4 nitrogen and oxygen atoms in total. The average Bonchev–Trinajstić information content (AvgIpc) is 3.47.